The first-order valence-electron chi connectivity index (χ1n) is 12.4. The van der Waals surface area contributed by atoms with Crippen molar-refractivity contribution in [1.29, 1.82) is 0 Å². The Morgan fingerprint density at radius 1 is 1.13 bits per heavy atom. The molecule has 0 saturated carbocycles. The number of fused-ring (bicyclic) bond motifs is 2. The molecule has 39 heavy (non-hydrogen) atoms. The zero-order valence-corrected chi connectivity index (χ0v) is 21.0. The third kappa shape index (κ3) is 6.90. The Bertz CT molecular complexity index is 1450. The standard InChI is InChI=1S/C24H27F3N6O6/c1-13-10-16-17(11-15(13)29-14-7-8-28-12-14)33(20-19(30-16)21(35)32-23(37)31-20)9-5-3-2-4-6-18(34)38-39-22(36)24(25,26)27/h10-11,14,28-29H,2-9,12H2,1H3,(H,32,35,37)/t14-/m0/s1. The van der Waals surface area contributed by atoms with Crippen LogP contribution in [-0.4, -0.2) is 56.8 Å². The number of alkyl halides is 3. The van der Waals surface area contributed by atoms with Crippen LogP contribution in [0.5, 0.6) is 0 Å². The van der Waals surface area contributed by atoms with Crippen molar-refractivity contribution in [1.82, 2.24) is 24.8 Å². The fourth-order valence-electron chi connectivity index (χ4n) is 4.39. The largest absolute Gasteiger partial charge is 0.495 e. The van der Waals surface area contributed by atoms with E-state index in [0.29, 0.717) is 36.8 Å². The highest BCUT2D eigenvalue weighted by atomic mass is 19.4. The topological polar surface area (TPSA) is 157 Å². The summed E-state index contributed by atoms with van der Waals surface area (Å²) in [7, 11) is 0. The van der Waals surface area contributed by atoms with Gasteiger partial charge in [0.05, 0.1) is 17.5 Å². The van der Waals surface area contributed by atoms with E-state index in [-0.39, 0.29) is 30.4 Å². The number of anilines is 1. The summed E-state index contributed by atoms with van der Waals surface area (Å²) in [6, 6.07) is 4.07. The third-order valence-electron chi connectivity index (χ3n) is 6.33. The number of halogens is 3. The number of aromatic amines is 1. The lowest BCUT2D eigenvalue weighted by Gasteiger charge is -2.20. The van der Waals surface area contributed by atoms with Gasteiger partial charge in [0.15, 0.2) is 11.5 Å². The molecule has 1 fully saturated rings. The van der Waals surface area contributed by atoms with E-state index < -0.39 is 29.4 Å². The molecular weight excluding hydrogens is 525 g/mol. The van der Waals surface area contributed by atoms with Crippen molar-refractivity contribution < 1.29 is 32.5 Å². The first-order chi connectivity index (χ1) is 18.5. The monoisotopic (exact) mass is 552 g/mol. The van der Waals surface area contributed by atoms with E-state index in [1.165, 1.54) is 0 Å². The minimum absolute atomic E-state index is 0.0401. The lowest BCUT2D eigenvalue weighted by atomic mass is 10.1. The zero-order valence-electron chi connectivity index (χ0n) is 21.0. The summed E-state index contributed by atoms with van der Waals surface area (Å²) in [4.78, 5) is 64.6. The molecule has 0 aliphatic carbocycles. The van der Waals surface area contributed by atoms with Gasteiger partial charge in [0.2, 0.25) is 0 Å². The zero-order chi connectivity index (χ0) is 28.2. The van der Waals surface area contributed by atoms with Gasteiger partial charge in [0.25, 0.3) is 5.56 Å². The quantitative estimate of drug-likeness (QED) is 0.156. The highest BCUT2D eigenvalue weighted by molar-refractivity contribution is 5.84. The second-order valence-electron chi connectivity index (χ2n) is 9.28. The van der Waals surface area contributed by atoms with Crippen LogP contribution in [0.25, 0.3) is 22.6 Å². The van der Waals surface area contributed by atoms with Crippen LogP contribution in [0, 0.1) is 6.92 Å². The van der Waals surface area contributed by atoms with Crippen LogP contribution in [0.4, 0.5) is 18.9 Å². The van der Waals surface area contributed by atoms with Gasteiger partial charge in [-0.05, 0) is 50.4 Å². The number of carbonyl (C=O) groups is 2. The fourth-order valence-corrected chi connectivity index (χ4v) is 4.39. The van der Waals surface area contributed by atoms with Gasteiger partial charge >= 0.3 is 23.8 Å². The number of nitrogens with zero attached hydrogens (tertiary/aromatic N) is 3. The molecule has 0 bridgehead atoms. The summed E-state index contributed by atoms with van der Waals surface area (Å²) in [6.45, 7) is 4.08. The van der Waals surface area contributed by atoms with E-state index in [9.17, 15) is 32.3 Å². The van der Waals surface area contributed by atoms with Crippen molar-refractivity contribution in [2.24, 2.45) is 0 Å². The van der Waals surface area contributed by atoms with Crippen LogP contribution in [-0.2, 0) is 25.9 Å². The lowest BCUT2D eigenvalue weighted by molar-refractivity contribution is -0.285. The van der Waals surface area contributed by atoms with E-state index in [0.717, 1.165) is 30.8 Å². The van der Waals surface area contributed by atoms with Crippen molar-refractivity contribution in [3.63, 3.8) is 0 Å². The number of unbranched alkanes of at least 4 members (excludes halogenated alkanes) is 3. The summed E-state index contributed by atoms with van der Waals surface area (Å²) < 4.78 is 38.0. The van der Waals surface area contributed by atoms with E-state index in [4.69, 9.17) is 0 Å². The van der Waals surface area contributed by atoms with Crippen LogP contribution in [0.15, 0.2) is 21.7 Å². The average Bonchev–Trinajstić information content (AvgIpc) is 3.38. The number of carbonyl (C=O) groups excluding carboxylic acids is 2. The first-order valence-corrected chi connectivity index (χ1v) is 12.4. The van der Waals surface area contributed by atoms with Crippen molar-refractivity contribution in [3.8, 4) is 11.5 Å². The third-order valence-corrected chi connectivity index (χ3v) is 6.33. The van der Waals surface area contributed by atoms with Gasteiger partial charge in [0, 0.05) is 24.8 Å². The maximum Gasteiger partial charge on any atom is 0.495 e. The first kappa shape index (κ1) is 28.0. The van der Waals surface area contributed by atoms with Crippen molar-refractivity contribution in [2.75, 3.05) is 18.4 Å². The van der Waals surface area contributed by atoms with Crippen molar-refractivity contribution >= 4 is 28.7 Å². The molecule has 4 rings (SSSR count). The molecule has 1 aromatic carbocycles. The molecule has 3 aliphatic heterocycles. The second kappa shape index (κ2) is 11.8. The van der Waals surface area contributed by atoms with Gasteiger partial charge in [-0.15, -0.1) is 0 Å². The predicted molar refractivity (Wildman–Crippen MR) is 132 cm³/mol. The Balaban J connectivity index is 1.45. The number of benzene rings is 1. The van der Waals surface area contributed by atoms with E-state index >= 15 is 0 Å². The Morgan fingerprint density at radius 2 is 1.90 bits per heavy atom. The highest BCUT2D eigenvalue weighted by Gasteiger charge is 2.43. The van der Waals surface area contributed by atoms with E-state index in [1.807, 2.05) is 19.1 Å². The van der Waals surface area contributed by atoms with E-state index in [1.54, 1.807) is 4.57 Å². The molecule has 0 spiro atoms. The summed E-state index contributed by atoms with van der Waals surface area (Å²) in [6.07, 6.45) is -2.53. The molecule has 1 atom stereocenters. The predicted octanol–water partition coefficient (Wildman–Crippen LogP) is 2.18. The van der Waals surface area contributed by atoms with Gasteiger partial charge in [0.1, 0.15) is 0 Å². The van der Waals surface area contributed by atoms with Crippen LogP contribution in [0.2, 0.25) is 0 Å². The highest BCUT2D eigenvalue weighted by Crippen LogP contribution is 2.28. The maximum absolute atomic E-state index is 12.5. The molecule has 3 aliphatic rings. The van der Waals surface area contributed by atoms with Crippen LogP contribution in [0.1, 0.15) is 44.1 Å². The average molecular weight is 553 g/mol. The van der Waals surface area contributed by atoms with Gasteiger partial charge in [-0.1, -0.05) is 12.8 Å². The molecular formula is C24H27F3N6O6. The number of aromatic nitrogens is 4. The molecule has 3 N–H and O–H groups in total. The number of aryl methyl sites for hydroxylation is 2. The summed E-state index contributed by atoms with van der Waals surface area (Å²) in [5.74, 6) is -3.54. The molecule has 12 nitrogen and oxygen atoms in total. The summed E-state index contributed by atoms with van der Waals surface area (Å²) in [5.41, 5.74) is 1.73. The van der Waals surface area contributed by atoms with E-state index in [2.05, 4.69) is 35.4 Å². The molecule has 0 aromatic heterocycles. The number of H-pyrrole nitrogens is 1. The minimum atomic E-state index is -5.25. The Morgan fingerprint density at radius 3 is 2.62 bits per heavy atom. The maximum atomic E-state index is 12.5. The van der Waals surface area contributed by atoms with Gasteiger partial charge in [-0.3, -0.25) is 9.78 Å². The Hall–Kier alpha value is -4.01. The number of hydrogen-bond acceptors (Lipinski definition) is 10. The SMILES string of the molecule is Cc1cc2nc3c(=O)[nH]c(=O)nc-3n(CCCCCCC(=O)OOC(=O)C(F)(F)F)c2cc1N[C@H]1CCNC1. The molecule has 0 radical (unpaired) electrons. The van der Waals surface area contributed by atoms with Crippen molar-refractivity contribution in [3.05, 3.63) is 38.5 Å². The number of rotatable bonds is 9. The molecule has 210 valence electrons. The van der Waals surface area contributed by atoms with Gasteiger partial charge in [-0.25, -0.2) is 29.1 Å². The van der Waals surface area contributed by atoms with Crippen LogP contribution < -0.4 is 21.9 Å². The normalized spacial score (nSPS) is 15.5. The van der Waals surface area contributed by atoms with Crippen LogP contribution >= 0.6 is 0 Å². The number of nitrogens with one attached hydrogen (secondary N) is 3. The molecule has 0 amide bonds. The minimum Gasteiger partial charge on any atom is -0.381 e. The van der Waals surface area contributed by atoms with Crippen LogP contribution in [0.3, 0.4) is 0 Å². The molecule has 1 saturated heterocycles. The molecule has 3 heterocycles. The lowest BCUT2D eigenvalue weighted by Crippen LogP contribution is -2.29. The molecule has 15 heteroatoms. The van der Waals surface area contributed by atoms with Crippen molar-refractivity contribution in [2.45, 2.75) is 64.2 Å². The second-order valence-corrected chi connectivity index (χ2v) is 9.28. The van der Waals surface area contributed by atoms with Gasteiger partial charge < -0.3 is 15.2 Å². The Kier molecular flexibility index (Phi) is 8.47. The van der Waals surface area contributed by atoms with Gasteiger partial charge in [-0.2, -0.15) is 18.2 Å². The molecule has 1 aromatic rings. The smallest absolute Gasteiger partial charge is 0.381 e. The summed E-state index contributed by atoms with van der Waals surface area (Å²) in [5, 5.41) is 6.84. The fraction of sp³-hybridized carbons (Fsp3) is 0.500. The summed E-state index contributed by atoms with van der Waals surface area (Å²) >= 11 is 0. The Labute approximate surface area is 219 Å². The number of hydrogen-bond donors (Lipinski definition) is 3. The molecule has 0 unspecified atom stereocenters.